The topological polar surface area (TPSA) is 21.8 Å². The number of fused-ring (bicyclic) bond motifs is 1. The SMILES string of the molecule is CCCCCCC12COCC1O2. The molecule has 70 valence electrons. The molecule has 2 heterocycles. The third kappa shape index (κ3) is 1.50. The van der Waals surface area contributed by atoms with E-state index in [1.807, 2.05) is 0 Å². The minimum Gasteiger partial charge on any atom is -0.376 e. The van der Waals surface area contributed by atoms with Crippen LogP contribution in [0.15, 0.2) is 0 Å². The van der Waals surface area contributed by atoms with Crippen LogP contribution in [-0.4, -0.2) is 24.9 Å². The van der Waals surface area contributed by atoms with Gasteiger partial charge in [-0.2, -0.15) is 0 Å². The zero-order valence-corrected chi connectivity index (χ0v) is 7.84. The van der Waals surface area contributed by atoms with Crippen molar-refractivity contribution in [3.63, 3.8) is 0 Å². The van der Waals surface area contributed by atoms with Gasteiger partial charge in [0, 0.05) is 0 Å². The molecule has 0 aliphatic carbocycles. The summed E-state index contributed by atoms with van der Waals surface area (Å²) in [4.78, 5) is 0. The lowest BCUT2D eigenvalue weighted by Gasteiger charge is -2.06. The van der Waals surface area contributed by atoms with Gasteiger partial charge in [0.05, 0.1) is 13.2 Å². The van der Waals surface area contributed by atoms with Crippen LogP contribution in [0.4, 0.5) is 0 Å². The zero-order chi connectivity index (χ0) is 8.44. The molecule has 2 aliphatic rings. The van der Waals surface area contributed by atoms with E-state index in [1.165, 1.54) is 32.1 Å². The van der Waals surface area contributed by atoms with E-state index in [0.717, 1.165) is 13.2 Å². The van der Waals surface area contributed by atoms with E-state index in [0.29, 0.717) is 6.10 Å². The molecule has 0 aromatic heterocycles. The predicted molar refractivity (Wildman–Crippen MR) is 47.2 cm³/mol. The molecule has 2 atom stereocenters. The first-order valence-corrected chi connectivity index (χ1v) is 5.13. The van der Waals surface area contributed by atoms with Gasteiger partial charge in [0.15, 0.2) is 0 Å². The van der Waals surface area contributed by atoms with Gasteiger partial charge in [0.1, 0.15) is 11.7 Å². The van der Waals surface area contributed by atoms with Crippen molar-refractivity contribution in [1.29, 1.82) is 0 Å². The second-order valence-electron chi connectivity index (χ2n) is 4.00. The lowest BCUT2D eigenvalue weighted by molar-refractivity contribution is 0.0660. The Labute approximate surface area is 74.2 Å². The Bertz CT molecular complexity index is 158. The molecule has 2 fully saturated rings. The smallest absolute Gasteiger partial charge is 0.120 e. The van der Waals surface area contributed by atoms with Gasteiger partial charge in [0.2, 0.25) is 0 Å². The van der Waals surface area contributed by atoms with E-state index in [4.69, 9.17) is 9.47 Å². The first kappa shape index (κ1) is 8.52. The second-order valence-corrected chi connectivity index (χ2v) is 4.00. The van der Waals surface area contributed by atoms with E-state index in [1.54, 1.807) is 0 Å². The van der Waals surface area contributed by atoms with E-state index >= 15 is 0 Å². The number of hydrogen-bond donors (Lipinski definition) is 0. The van der Waals surface area contributed by atoms with E-state index in [9.17, 15) is 0 Å². The maximum absolute atomic E-state index is 5.60. The minimum absolute atomic E-state index is 0.188. The fourth-order valence-electron chi connectivity index (χ4n) is 2.04. The fraction of sp³-hybridized carbons (Fsp3) is 1.00. The summed E-state index contributed by atoms with van der Waals surface area (Å²) in [5, 5.41) is 0. The molecule has 0 aromatic carbocycles. The number of unbranched alkanes of at least 4 members (excludes halogenated alkanes) is 3. The highest BCUT2D eigenvalue weighted by molar-refractivity contribution is 5.06. The molecule has 0 aromatic rings. The van der Waals surface area contributed by atoms with Crippen molar-refractivity contribution >= 4 is 0 Å². The second kappa shape index (κ2) is 3.35. The van der Waals surface area contributed by atoms with Crippen LogP contribution in [0.25, 0.3) is 0 Å². The molecule has 0 bridgehead atoms. The van der Waals surface area contributed by atoms with Crippen molar-refractivity contribution in [2.24, 2.45) is 0 Å². The average Bonchev–Trinajstić information content (AvgIpc) is 2.64. The van der Waals surface area contributed by atoms with E-state index in [2.05, 4.69) is 6.92 Å². The van der Waals surface area contributed by atoms with Crippen LogP contribution in [0.3, 0.4) is 0 Å². The molecule has 2 aliphatic heterocycles. The summed E-state index contributed by atoms with van der Waals surface area (Å²) in [7, 11) is 0. The third-order valence-electron chi connectivity index (χ3n) is 2.98. The van der Waals surface area contributed by atoms with Gasteiger partial charge in [-0.3, -0.25) is 0 Å². The molecular weight excluding hydrogens is 152 g/mol. The van der Waals surface area contributed by atoms with Crippen LogP contribution in [0.5, 0.6) is 0 Å². The van der Waals surface area contributed by atoms with Gasteiger partial charge in [-0.25, -0.2) is 0 Å². The Morgan fingerprint density at radius 2 is 2.25 bits per heavy atom. The number of epoxide rings is 1. The van der Waals surface area contributed by atoms with Crippen molar-refractivity contribution in [1.82, 2.24) is 0 Å². The van der Waals surface area contributed by atoms with Crippen LogP contribution < -0.4 is 0 Å². The summed E-state index contributed by atoms with van der Waals surface area (Å²) in [6, 6.07) is 0. The largest absolute Gasteiger partial charge is 0.376 e. The van der Waals surface area contributed by atoms with Gasteiger partial charge in [-0.15, -0.1) is 0 Å². The lowest BCUT2D eigenvalue weighted by atomic mass is 10.00. The van der Waals surface area contributed by atoms with Gasteiger partial charge in [-0.05, 0) is 6.42 Å². The summed E-state index contributed by atoms with van der Waals surface area (Å²) in [5.74, 6) is 0. The summed E-state index contributed by atoms with van der Waals surface area (Å²) in [6.45, 7) is 3.94. The molecule has 0 saturated carbocycles. The molecule has 2 saturated heterocycles. The van der Waals surface area contributed by atoms with Crippen molar-refractivity contribution in [3.8, 4) is 0 Å². The van der Waals surface area contributed by atoms with Crippen LogP contribution >= 0.6 is 0 Å². The van der Waals surface area contributed by atoms with Crippen molar-refractivity contribution < 1.29 is 9.47 Å². The first-order chi connectivity index (χ1) is 5.87. The van der Waals surface area contributed by atoms with Crippen LogP contribution in [0.1, 0.15) is 39.0 Å². The quantitative estimate of drug-likeness (QED) is 0.465. The molecular formula is C10H18O2. The van der Waals surface area contributed by atoms with Crippen molar-refractivity contribution in [2.75, 3.05) is 13.2 Å². The molecule has 0 amide bonds. The molecule has 2 heteroatoms. The maximum atomic E-state index is 5.60. The molecule has 0 spiro atoms. The van der Waals surface area contributed by atoms with Crippen molar-refractivity contribution in [2.45, 2.75) is 50.7 Å². The summed E-state index contributed by atoms with van der Waals surface area (Å²) in [5.41, 5.74) is 0.188. The van der Waals surface area contributed by atoms with Gasteiger partial charge < -0.3 is 9.47 Å². The van der Waals surface area contributed by atoms with E-state index in [-0.39, 0.29) is 5.60 Å². The molecule has 2 unspecified atom stereocenters. The summed E-state index contributed by atoms with van der Waals surface area (Å²) >= 11 is 0. The Hall–Kier alpha value is -0.0800. The monoisotopic (exact) mass is 170 g/mol. The highest BCUT2D eigenvalue weighted by atomic mass is 16.7. The van der Waals surface area contributed by atoms with E-state index < -0.39 is 0 Å². The number of ether oxygens (including phenoxy) is 2. The Morgan fingerprint density at radius 1 is 1.33 bits per heavy atom. The predicted octanol–water partition coefficient (Wildman–Crippen LogP) is 2.12. The van der Waals surface area contributed by atoms with Crippen LogP contribution in [-0.2, 0) is 9.47 Å². The highest BCUT2D eigenvalue weighted by Gasteiger charge is 2.59. The molecule has 2 rings (SSSR count). The maximum Gasteiger partial charge on any atom is 0.120 e. The first-order valence-electron chi connectivity index (χ1n) is 5.13. The minimum atomic E-state index is 0.188. The Balaban J connectivity index is 1.61. The van der Waals surface area contributed by atoms with Crippen molar-refractivity contribution in [3.05, 3.63) is 0 Å². The molecule has 0 N–H and O–H groups in total. The van der Waals surface area contributed by atoms with Gasteiger partial charge >= 0.3 is 0 Å². The third-order valence-corrected chi connectivity index (χ3v) is 2.98. The Morgan fingerprint density at radius 3 is 2.83 bits per heavy atom. The van der Waals surface area contributed by atoms with Gasteiger partial charge in [0.25, 0.3) is 0 Å². The molecule has 0 radical (unpaired) electrons. The number of rotatable bonds is 5. The summed E-state index contributed by atoms with van der Waals surface area (Å²) < 4.78 is 10.9. The average molecular weight is 170 g/mol. The fourth-order valence-corrected chi connectivity index (χ4v) is 2.04. The zero-order valence-electron chi connectivity index (χ0n) is 7.84. The molecule has 2 nitrogen and oxygen atoms in total. The van der Waals surface area contributed by atoms with Crippen LogP contribution in [0, 0.1) is 0 Å². The molecule has 12 heavy (non-hydrogen) atoms. The van der Waals surface area contributed by atoms with Gasteiger partial charge in [-0.1, -0.05) is 32.6 Å². The standard InChI is InChI=1S/C10H18O2/c1-2-3-4-5-6-10-8-11-7-9(10)12-10/h9H,2-8H2,1H3. The highest BCUT2D eigenvalue weighted by Crippen LogP contribution is 2.45. The lowest BCUT2D eigenvalue weighted by Crippen LogP contribution is -2.14. The number of hydrogen-bond acceptors (Lipinski definition) is 2. The van der Waals surface area contributed by atoms with Crippen LogP contribution in [0.2, 0.25) is 0 Å². The Kier molecular flexibility index (Phi) is 2.37. The summed E-state index contributed by atoms with van der Waals surface area (Å²) in [6.07, 6.45) is 7.02. The normalized spacial score (nSPS) is 38.2.